The monoisotopic (exact) mass is 226 g/mol. The first-order chi connectivity index (χ1) is 7.55. The van der Waals surface area contributed by atoms with E-state index in [1.54, 1.807) is 0 Å². The molecule has 1 aromatic carbocycles. The summed E-state index contributed by atoms with van der Waals surface area (Å²) in [6, 6.07) is 4.84. The molecule has 1 unspecified atom stereocenters. The maximum absolute atomic E-state index is 12.2. The molecule has 1 heterocycles. The molecule has 0 bridgehead atoms. The molecule has 1 atom stereocenters. The molecule has 1 saturated heterocycles. The largest absolute Gasteiger partial charge is 0.416 e. The normalized spacial score (nSPS) is 18.8. The van der Waals surface area contributed by atoms with Gasteiger partial charge in [0.1, 0.15) is 0 Å². The van der Waals surface area contributed by atoms with E-state index in [0.717, 1.165) is 18.7 Å². The molecule has 1 aromatic rings. The molecule has 1 aliphatic heterocycles. The highest BCUT2D eigenvalue weighted by Crippen LogP contribution is 2.28. The lowest BCUT2D eigenvalue weighted by molar-refractivity contribution is -0.137. The molecular formula is C12H9F3O. The predicted octanol–water partition coefficient (Wildman–Crippen LogP) is 2.85. The van der Waals surface area contributed by atoms with E-state index in [-0.39, 0.29) is 6.10 Å². The average molecular weight is 226 g/mol. The van der Waals surface area contributed by atoms with Gasteiger partial charge in [0.25, 0.3) is 0 Å². The molecule has 0 aliphatic carbocycles. The van der Waals surface area contributed by atoms with Crippen molar-refractivity contribution in [3.05, 3.63) is 35.4 Å². The summed E-state index contributed by atoms with van der Waals surface area (Å²) in [5, 5.41) is 0. The maximum Gasteiger partial charge on any atom is 0.416 e. The third-order valence-corrected chi connectivity index (χ3v) is 2.18. The van der Waals surface area contributed by atoms with Gasteiger partial charge in [-0.3, -0.25) is 0 Å². The first kappa shape index (κ1) is 11.0. The van der Waals surface area contributed by atoms with E-state index in [2.05, 4.69) is 11.8 Å². The Balaban J connectivity index is 2.02. The molecule has 0 radical (unpaired) electrons. The van der Waals surface area contributed by atoms with Crippen LogP contribution in [0.5, 0.6) is 0 Å². The summed E-state index contributed by atoms with van der Waals surface area (Å²) in [4.78, 5) is 0. The van der Waals surface area contributed by atoms with Crippen molar-refractivity contribution in [3.63, 3.8) is 0 Å². The summed E-state index contributed by atoms with van der Waals surface area (Å²) in [6.45, 7) is 0.738. The topological polar surface area (TPSA) is 12.5 Å². The number of rotatable bonds is 1. The second-order valence-electron chi connectivity index (χ2n) is 3.54. The summed E-state index contributed by atoms with van der Waals surface area (Å²) in [5.41, 5.74) is -0.0581. The van der Waals surface area contributed by atoms with Crippen LogP contribution in [-0.4, -0.2) is 12.7 Å². The zero-order valence-corrected chi connectivity index (χ0v) is 8.34. The van der Waals surface area contributed by atoms with Crippen LogP contribution in [0, 0.1) is 11.8 Å². The maximum atomic E-state index is 12.2. The Morgan fingerprint density at radius 3 is 2.38 bits per heavy atom. The third-order valence-electron chi connectivity index (χ3n) is 2.18. The quantitative estimate of drug-likeness (QED) is 0.530. The molecule has 0 saturated carbocycles. The van der Waals surface area contributed by atoms with Gasteiger partial charge in [0.15, 0.2) is 0 Å². The minimum atomic E-state index is -4.28. The molecule has 1 fully saturated rings. The minimum Gasteiger partial charge on any atom is -0.372 e. The molecule has 84 valence electrons. The van der Waals surface area contributed by atoms with Crippen molar-refractivity contribution in [1.29, 1.82) is 0 Å². The highest BCUT2D eigenvalue weighted by molar-refractivity contribution is 5.37. The van der Waals surface area contributed by atoms with Gasteiger partial charge in [0.2, 0.25) is 0 Å². The van der Waals surface area contributed by atoms with E-state index in [1.807, 2.05) is 0 Å². The summed E-state index contributed by atoms with van der Waals surface area (Å²) in [5.74, 6) is 5.66. The van der Waals surface area contributed by atoms with Crippen molar-refractivity contribution in [3.8, 4) is 11.8 Å². The Kier molecular flexibility index (Phi) is 2.88. The van der Waals surface area contributed by atoms with Crippen LogP contribution >= 0.6 is 0 Å². The first-order valence-electron chi connectivity index (χ1n) is 4.83. The van der Waals surface area contributed by atoms with Crippen LogP contribution in [0.1, 0.15) is 17.5 Å². The van der Waals surface area contributed by atoms with Gasteiger partial charge in [-0.2, -0.15) is 13.2 Å². The lowest BCUT2D eigenvalue weighted by Crippen LogP contribution is -2.04. The van der Waals surface area contributed by atoms with E-state index in [9.17, 15) is 13.2 Å². The molecule has 2 rings (SSSR count). The van der Waals surface area contributed by atoms with Crippen LogP contribution in [0.3, 0.4) is 0 Å². The van der Waals surface area contributed by atoms with Crippen LogP contribution in [0.25, 0.3) is 0 Å². The standard InChI is InChI=1S/C12H9F3O/c13-12(14,15)10-6-4-9(5-7-10)2-1-3-11-8-16-11/h4-7,11H,3,8H2. The zero-order valence-electron chi connectivity index (χ0n) is 8.34. The molecule has 1 aliphatic rings. The van der Waals surface area contributed by atoms with Gasteiger partial charge in [0.05, 0.1) is 18.3 Å². The predicted molar refractivity (Wildman–Crippen MR) is 52.7 cm³/mol. The fraction of sp³-hybridized carbons (Fsp3) is 0.333. The molecule has 16 heavy (non-hydrogen) atoms. The van der Waals surface area contributed by atoms with E-state index in [4.69, 9.17) is 4.74 Å². The summed E-state index contributed by atoms with van der Waals surface area (Å²) < 4.78 is 41.7. The fourth-order valence-electron chi connectivity index (χ4n) is 1.20. The number of halogens is 3. The van der Waals surface area contributed by atoms with Gasteiger partial charge in [-0.15, -0.1) is 0 Å². The third kappa shape index (κ3) is 3.01. The highest BCUT2D eigenvalue weighted by Gasteiger charge is 2.29. The van der Waals surface area contributed by atoms with Crippen LogP contribution in [0.15, 0.2) is 24.3 Å². The number of ether oxygens (including phenoxy) is 1. The van der Waals surface area contributed by atoms with E-state index >= 15 is 0 Å². The highest BCUT2D eigenvalue weighted by atomic mass is 19.4. The lowest BCUT2D eigenvalue weighted by Gasteiger charge is -2.05. The molecular weight excluding hydrogens is 217 g/mol. The Labute approximate surface area is 91.2 Å². The molecule has 0 aromatic heterocycles. The van der Waals surface area contributed by atoms with Crippen LogP contribution in [0.4, 0.5) is 13.2 Å². The second kappa shape index (κ2) is 4.18. The van der Waals surface area contributed by atoms with Crippen LogP contribution < -0.4 is 0 Å². The zero-order chi connectivity index (χ0) is 11.6. The molecule has 4 heteroatoms. The summed E-state index contributed by atoms with van der Waals surface area (Å²) in [7, 11) is 0. The van der Waals surface area contributed by atoms with Crippen molar-refractivity contribution < 1.29 is 17.9 Å². The molecule has 0 amide bonds. The van der Waals surface area contributed by atoms with Crippen molar-refractivity contribution in [2.75, 3.05) is 6.61 Å². The smallest absolute Gasteiger partial charge is 0.372 e. The molecule has 0 spiro atoms. The molecule has 1 nitrogen and oxygen atoms in total. The minimum absolute atomic E-state index is 0.224. The van der Waals surface area contributed by atoms with E-state index in [1.165, 1.54) is 12.1 Å². The SMILES string of the molecule is FC(F)(F)c1ccc(C#CCC2CO2)cc1. The van der Waals surface area contributed by atoms with Gasteiger partial charge in [0, 0.05) is 12.0 Å². The number of benzene rings is 1. The molecule has 0 N–H and O–H groups in total. The van der Waals surface area contributed by atoms with Crippen LogP contribution in [0.2, 0.25) is 0 Å². The second-order valence-corrected chi connectivity index (χ2v) is 3.54. The Morgan fingerprint density at radius 1 is 1.25 bits per heavy atom. The Morgan fingerprint density at radius 2 is 1.88 bits per heavy atom. The van der Waals surface area contributed by atoms with Gasteiger partial charge in [-0.1, -0.05) is 11.8 Å². The van der Waals surface area contributed by atoms with Crippen molar-refractivity contribution >= 4 is 0 Å². The number of hydrogen-bond donors (Lipinski definition) is 0. The van der Waals surface area contributed by atoms with E-state index in [0.29, 0.717) is 12.0 Å². The van der Waals surface area contributed by atoms with Gasteiger partial charge < -0.3 is 4.74 Å². The summed E-state index contributed by atoms with van der Waals surface area (Å²) in [6.07, 6.45) is -3.42. The lowest BCUT2D eigenvalue weighted by atomic mass is 10.1. The van der Waals surface area contributed by atoms with Gasteiger partial charge >= 0.3 is 6.18 Å². The van der Waals surface area contributed by atoms with Crippen molar-refractivity contribution in [2.24, 2.45) is 0 Å². The number of hydrogen-bond acceptors (Lipinski definition) is 1. The Bertz CT molecular complexity index is 418. The number of alkyl halides is 3. The van der Waals surface area contributed by atoms with Crippen LogP contribution in [-0.2, 0) is 10.9 Å². The van der Waals surface area contributed by atoms with Gasteiger partial charge in [-0.25, -0.2) is 0 Å². The Hall–Kier alpha value is -1.47. The average Bonchev–Trinajstić information content (AvgIpc) is 3.01. The summed E-state index contributed by atoms with van der Waals surface area (Å²) >= 11 is 0. The van der Waals surface area contributed by atoms with Crippen molar-refractivity contribution in [2.45, 2.75) is 18.7 Å². The van der Waals surface area contributed by atoms with E-state index < -0.39 is 11.7 Å². The first-order valence-corrected chi connectivity index (χ1v) is 4.83. The number of epoxide rings is 1. The van der Waals surface area contributed by atoms with Gasteiger partial charge in [-0.05, 0) is 24.3 Å². The van der Waals surface area contributed by atoms with Crippen molar-refractivity contribution in [1.82, 2.24) is 0 Å². The fourth-order valence-corrected chi connectivity index (χ4v) is 1.20.